The van der Waals surface area contributed by atoms with Crippen LogP contribution < -0.4 is 10.2 Å². The minimum absolute atomic E-state index is 0.132. The molecule has 28 heavy (non-hydrogen) atoms. The lowest BCUT2D eigenvalue weighted by atomic mass is 10.1. The van der Waals surface area contributed by atoms with E-state index in [0.717, 1.165) is 22.9 Å². The maximum atomic E-state index is 12.9. The van der Waals surface area contributed by atoms with Crippen LogP contribution in [0.1, 0.15) is 42.8 Å². The van der Waals surface area contributed by atoms with E-state index in [1.54, 1.807) is 17.9 Å². The van der Waals surface area contributed by atoms with E-state index >= 15 is 0 Å². The van der Waals surface area contributed by atoms with Crippen molar-refractivity contribution in [3.05, 3.63) is 53.7 Å². The molecule has 1 unspecified atom stereocenters. The molecule has 2 aromatic carbocycles. The molecule has 4 rings (SSSR count). The molecular formula is C21H22N4O3. The molecule has 0 radical (unpaired) electrons. The van der Waals surface area contributed by atoms with Crippen LogP contribution in [0.5, 0.6) is 0 Å². The number of rotatable bonds is 6. The Morgan fingerprint density at radius 2 is 1.93 bits per heavy atom. The quantitative estimate of drug-likeness (QED) is 0.712. The number of nitrogens with zero attached hydrogens (tertiary/aromatic N) is 3. The Morgan fingerprint density at radius 1 is 1.18 bits per heavy atom. The molecule has 1 N–H and O–H groups in total. The molecule has 1 aliphatic rings. The van der Waals surface area contributed by atoms with E-state index in [1.807, 2.05) is 30.3 Å². The summed E-state index contributed by atoms with van der Waals surface area (Å²) in [5.41, 5.74) is 1.39. The lowest BCUT2D eigenvalue weighted by molar-refractivity contribution is -0.122. The lowest BCUT2D eigenvalue weighted by Gasteiger charge is -2.24. The summed E-state index contributed by atoms with van der Waals surface area (Å²) in [4.78, 5) is 31.4. The fourth-order valence-corrected chi connectivity index (χ4v) is 3.56. The normalized spacial score (nSPS) is 14.1. The summed E-state index contributed by atoms with van der Waals surface area (Å²) in [6.07, 6.45) is 0.721. The summed E-state index contributed by atoms with van der Waals surface area (Å²) in [5, 5.41) is 8.59. The summed E-state index contributed by atoms with van der Waals surface area (Å²) in [5.74, 6) is 0.970. The summed E-state index contributed by atoms with van der Waals surface area (Å²) in [7, 11) is 0. The molecule has 3 aromatic rings. The van der Waals surface area contributed by atoms with Gasteiger partial charge in [-0.1, -0.05) is 43.3 Å². The van der Waals surface area contributed by atoms with Crippen molar-refractivity contribution in [3.63, 3.8) is 0 Å². The molecule has 0 bridgehead atoms. The lowest BCUT2D eigenvalue weighted by Crippen LogP contribution is -2.46. The first-order valence-electron chi connectivity index (χ1n) is 9.40. The number of hydrogen-bond acceptors (Lipinski definition) is 5. The Bertz CT molecular complexity index is 1050. The van der Waals surface area contributed by atoms with Crippen LogP contribution in [0.25, 0.3) is 10.8 Å². The SMILES string of the molecule is CC(C)Cc1noc(CNC(=O)C(C)N2C(=O)c3cccc4cccc2c34)n1. The summed E-state index contributed by atoms with van der Waals surface area (Å²) >= 11 is 0. The Kier molecular flexibility index (Phi) is 4.58. The van der Waals surface area contributed by atoms with Gasteiger partial charge in [-0.2, -0.15) is 4.98 Å². The van der Waals surface area contributed by atoms with Crippen LogP contribution in [0.3, 0.4) is 0 Å². The molecule has 0 fully saturated rings. The fraction of sp³-hybridized carbons (Fsp3) is 0.333. The molecule has 1 aromatic heterocycles. The van der Waals surface area contributed by atoms with Crippen LogP contribution in [0, 0.1) is 5.92 Å². The standard InChI is InChI=1S/C21H22N4O3/c1-12(2)10-17-23-18(28-24-17)11-22-20(26)13(3)25-16-9-5-7-14-6-4-8-15(19(14)16)21(25)27/h4-9,12-13H,10-11H2,1-3H3,(H,22,26). The van der Waals surface area contributed by atoms with Crippen molar-refractivity contribution in [2.45, 2.75) is 39.8 Å². The van der Waals surface area contributed by atoms with Gasteiger partial charge in [0.05, 0.1) is 12.2 Å². The molecular weight excluding hydrogens is 356 g/mol. The number of nitrogens with one attached hydrogen (secondary N) is 1. The van der Waals surface area contributed by atoms with Gasteiger partial charge in [0.15, 0.2) is 5.82 Å². The predicted octanol–water partition coefficient (Wildman–Crippen LogP) is 3.09. The van der Waals surface area contributed by atoms with Crippen LogP contribution in [-0.4, -0.2) is 28.0 Å². The van der Waals surface area contributed by atoms with Gasteiger partial charge in [0.25, 0.3) is 5.91 Å². The number of benzene rings is 2. The average Bonchev–Trinajstić information content (AvgIpc) is 3.23. The molecule has 7 heteroatoms. The van der Waals surface area contributed by atoms with Crippen molar-refractivity contribution in [1.29, 1.82) is 0 Å². The average molecular weight is 378 g/mol. The van der Waals surface area contributed by atoms with E-state index in [4.69, 9.17) is 4.52 Å². The Morgan fingerprint density at radius 3 is 2.68 bits per heavy atom. The topological polar surface area (TPSA) is 88.3 Å². The monoisotopic (exact) mass is 378 g/mol. The highest BCUT2D eigenvalue weighted by Gasteiger charge is 2.35. The molecule has 7 nitrogen and oxygen atoms in total. The summed E-state index contributed by atoms with van der Waals surface area (Å²) in [6.45, 7) is 6.00. The maximum Gasteiger partial charge on any atom is 0.259 e. The van der Waals surface area contributed by atoms with E-state index in [9.17, 15) is 9.59 Å². The highest BCUT2D eigenvalue weighted by atomic mass is 16.5. The number of hydrogen-bond donors (Lipinski definition) is 1. The molecule has 0 spiro atoms. The van der Waals surface area contributed by atoms with Gasteiger partial charge in [0.1, 0.15) is 6.04 Å². The van der Waals surface area contributed by atoms with Crippen molar-refractivity contribution >= 4 is 28.3 Å². The highest BCUT2D eigenvalue weighted by molar-refractivity contribution is 6.26. The number of amides is 2. The molecule has 2 amide bonds. The Hall–Kier alpha value is -3.22. The Labute approximate surface area is 162 Å². The van der Waals surface area contributed by atoms with Crippen LogP contribution in [0.15, 0.2) is 40.9 Å². The zero-order valence-electron chi connectivity index (χ0n) is 16.1. The van der Waals surface area contributed by atoms with Crippen LogP contribution >= 0.6 is 0 Å². The second-order valence-electron chi connectivity index (χ2n) is 7.45. The molecule has 0 saturated heterocycles. The zero-order chi connectivity index (χ0) is 19.8. The third-order valence-electron chi connectivity index (χ3n) is 4.87. The predicted molar refractivity (Wildman–Crippen MR) is 105 cm³/mol. The fourth-order valence-electron chi connectivity index (χ4n) is 3.56. The molecule has 0 saturated carbocycles. The van der Waals surface area contributed by atoms with Gasteiger partial charge in [-0.3, -0.25) is 14.5 Å². The van der Waals surface area contributed by atoms with Crippen molar-refractivity contribution in [1.82, 2.24) is 15.5 Å². The van der Waals surface area contributed by atoms with E-state index in [1.165, 1.54) is 0 Å². The number of carbonyl (C=O) groups is 2. The van der Waals surface area contributed by atoms with Gasteiger partial charge >= 0.3 is 0 Å². The largest absolute Gasteiger partial charge is 0.345 e. The van der Waals surface area contributed by atoms with Gasteiger partial charge in [-0.25, -0.2) is 0 Å². The van der Waals surface area contributed by atoms with Gasteiger partial charge in [-0.15, -0.1) is 0 Å². The van der Waals surface area contributed by atoms with Crippen LogP contribution in [-0.2, 0) is 17.8 Å². The van der Waals surface area contributed by atoms with Crippen molar-refractivity contribution < 1.29 is 14.1 Å². The zero-order valence-corrected chi connectivity index (χ0v) is 16.1. The third kappa shape index (κ3) is 3.13. The third-order valence-corrected chi connectivity index (χ3v) is 4.87. The smallest absolute Gasteiger partial charge is 0.259 e. The minimum atomic E-state index is -0.663. The molecule has 144 valence electrons. The van der Waals surface area contributed by atoms with E-state index < -0.39 is 6.04 Å². The number of aromatic nitrogens is 2. The van der Waals surface area contributed by atoms with Gasteiger partial charge in [0.2, 0.25) is 11.8 Å². The van der Waals surface area contributed by atoms with E-state index in [0.29, 0.717) is 23.2 Å². The van der Waals surface area contributed by atoms with Crippen LogP contribution in [0.2, 0.25) is 0 Å². The number of anilines is 1. The molecule has 1 aliphatic heterocycles. The molecule has 0 aliphatic carbocycles. The number of carbonyl (C=O) groups excluding carboxylic acids is 2. The van der Waals surface area contributed by atoms with Gasteiger partial charge in [-0.05, 0) is 30.4 Å². The summed E-state index contributed by atoms with van der Waals surface area (Å²) < 4.78 is 5.18. The summed E-state index contributed by atoms with van der Waals surface area (Å²) in [6, 6.07) is 10.7. The van der Waals surface area contributed by atoms with E-state index in [2.05, 4.69) is 29.3 Å². The van der Waals surface area contributed by atoms with Crippen molar-refractivity contribution in [2.24, 2.45) is 5.92 Å². The van der Waals surface area contributed by atoms with Gasteiger partial charge in [0, 0.05) is 17.4 Å². The van der Waals surface area contributed by atoms with Crippen LogP contribution in [0.4, 0.5) is 5.69 Å². The van der Waals surface area contributed by atoms with E-state index in [-0.39, 0.29) is 18.4 Å². The molecule has 1 atom stereocenters. The first-order valence-corrected chi connectivity index (χ1v) is 9.40. The first kappa shape index (κ1) is 18.2. The molecule has 2 heterocycles. The second-order valence-corrected chi connectivity index (χ2v) is 7.45. The van der Waals surface area contributed by atoms with Gasteiger partial charge < -0.3 is 9.84 Å². The first-order chi connectivity index (χ1) is 13.5. The highest BCUT2D eigenvalue weighted by Crippen LogP contribution is 2.38. The van der Waals surface area contributed by atoms with Crippen molar-refractivity contribution in [2.75, 3.05) is 4.90 Å². The minimum Gasteiger partial charge on any atom is -0.345 e. The maximum absolute atomic E-state index is 12.9. The second kappa shape index (κ2) is 7.07. The Balaban J connectivity index is 1.48. The van der Waals surface area contributed by atoms with Crippen molar-refractivity contribution in [3.8, 4) is 0 Å².